The van der Waals surface area contributed by atoms with Gasteiger partial charge in [0.05, 0.1) is 0 Å². The second-order valence-electron chi connectivity index (χ2n) is 7.92. The Bertz CT molecular complexity index is 1580. The molecule has 0 saturated carbocycles. The monoisotopic (exact) mass is 464 g/mol. The number of fused-ring (bicyclic) bond motifs is 3. The highest BCUT2D eigenvalue weighted by molar-refractivity contribution is 6.09. The van der Waals surface area contributed by atoms with Crippen LogP contribution in [0.2, 0.25) is 0 Å². The molecule has 0 amide bonds. The molecule has 0 unspecified atom stereocenters. The Balaban J connectivity index is 1.24. The molecule has 6 nitrogen and oxygen atoms in total. The molecule has 0 aliphatic rings. The van der Waals surface area contributed by atoms with Crippen molar-refractivity contribution in [3.8, 4) is 5.75 Å². The van der Waals surface area contributed by atoms with E-state index in [0.29, 0.717) is 28.0 Å². The third-order valence-corrected chi connectivity index (χ3v) is 5.61. The maximum atomic E-state index is 12.5. The first-order valence-corrected chi connectivity index (χ1v) is 11.0. The Labute approximate surface area is 200 Å². The van der Waals surface area contributed by atoms with Gasteiger partial charge in [-0.25, -0.2) is 9.59 Å². The number of rotatable bonds is 7. The van der Waals surface area contributed by atoms with E-state index in [1.165, 1.54) is 6.07 Å². The summed E-state index contributed by atoms with van der Waals surface area (Å²) in [5, 5.41) is 2.62. The molecule has 0 saturated heterocycles. The first-order valence-electron chi connectivity index (χ1n) is 11.0. The van der Waals surface area contributed by atoms with E-state index in [1.807, 2.05) is 48.5 Å². The van der Waals surface area contributed by atoms with Crippen molar-refractivity contribution < 1.29 is 23.5 Å². The molecule has 0 aliphatic carbocycles. The molecule has 0 fully saturated rings. The van der Waals surface area contributed by atoms with Crippen molar-refractivity contribution in [1.29, 1.82) is 0 Å². The van der Waals surface area contributed by atoms with Crippen LogP contribution in [0.25, 0.3) is 21.7 Å². The topological polar surface area (TPSA) is 82.8 Å². The van der Waals surface area contributed by atoms with Gasteiger partial charge in [0, 0.05) is 28.1 Å². The van der Waals surface area contributed by atoms with E-state index in [0.717, 1.165) is 16.2 Å². The van der Waals surface area contributed by atoms with Gasteiger partial charge < -0.3 is 13.9 Å². The van der Waals surface area contributed by atoms with E-state index in [1.54, 1.807) is 42.5 Å². The van der Waals surface area contributed by atoms with E-state index in [-0.39, 0.29) is 19.0 Å². The van der Waals surface area contributed by atoms with Gasteiger partial charge in [0.1, 0.15) is 17.9 Å². The lowest BCUT2D eigenvalue weighted by atomic mass is 10.0. The first-order chi connectivity index (χ1) is 17.1. The number of ketones is 1. The van der Waals surface area contributed by atoms with Gasteiger partial charge in [0.2, 0.25) is 0 Å². The molecule has 0 aliphatic heterocycles. The predicted molar refractivity (Wildman–Crippen MR) is 132 cm³/mol. The molecule has 5 rings (SSSR count). The van der Waals surface area contributed by atoms with Crippen molar-refractivity contribution in [2.75, 3.05) is 6.61 Å². The zero-order chi connectivity index (χ0) is 24.2. The predicted octanol–water partition coefficient (Wildman–Crippen LogP) is 5.30. The average molecular weight is 464 g/mol. The molecule has 5 aromatic rings. The molecular weight excluding hydrogens is 444 g/mol. The third-order valence-electron chi connectivity index (χ3n) is 5.61. The number of hydrogen-bond donors (Lipinski definition) is 0. The SMILES string of the molecule is O=C(COc1ccc(C(=O)c2ccccc2)cc1)OCc1cc(=O)oc2ccc3ccccc3c12. The molecule has 4 aromatic carbocycles. The fraction of sp³-hybridized carbons (Fsp3) is 0.0690. The number of carbonyl (C=O) groups excluding carboxylic acids is 2. The van der Waals surface area contributed by atoms with Gasteiger partial charge in [0.25, 0.3) is 0 Å². The van der Waals surface area contributed by atoms with E-state index in [2.05, 4.69) is 0 Å². The van der Waals surface area contributed by atoms with Gasteiger partial charge >= 0.3 is 11.6 Å². The molecule has 0 spiro atoms. The summed E-state index contributed by atoms with van der Waals surface area (Å²) in [5.41, 5.74) is 1.60. The molecule has 1 aromatic heterocycles. The average Bonchev–Trinajstić information content (AvgIpc) is 2.90. The Morgan fingerprint density at radius 2 is 1.49 bits per heavy atom. The molecule has 6 heteroatoms. The minimum atomic E-state index is -0.587. The maximum absolute atomic E-state index is 12.5. The standard InChI is InChI=1S/C29H20O6/c30-26-16-22(28-24-9-5-4-6-19(24)12-15-25(28)35-26)17-34-27(31)18-33-23-13-10-21(11-14-23)29(32)20-7-2-1-3-8-20/h1-16H,17-18H2. The van der Waals surface area contributed by atoms with Crippen LogP contribution in [0.5, 0.6) is 5.75 Å². The summed E-state index contributed by atoms with van der Waals surface area (Å²) >= 11 is 0. The zero-order valence-corrected chi connectivity index (χ0v) is 18.6. The maximum Gasteiger partial charge on any atom is 0.344 e. The van der Waals surface area contributed by atoms with E-state index >= 15 is 0 Å². The number of benzene rings is 4. The van der Waals surface area contributed by atoms with Crippen molar-refractivity contribution in [2.24, 2.45) is 0 Å². The highest BCUT2D eigenvalue weighted by Gasteiger charge is 2.13. The Morgan fingerprint density at radius 3 is 2.29 bits per heavy atom. The highest BCUT2D eigenvalue weighted by Crippen LogP contribution is 2.27. The van der Waals surface area contributed by atoms with Crippen LogP contribution in [0, 0.1) is 0 Å². The van der Waals surface area contributed by atoms with Crippen molar-refractivity contribution in [3.63, 3.8) is 0 Å². The Hall–Kier alpha value is -4.71. The summed E-state index contributed by atoms with van der Waals surface area (Å²) in [6, 6.07) is 28.2. The van der Waals surface area contributed by atoms with Crippen LogP contribution >= 0.6 is 0 Å². The molecule has 35 heavy (non-hydrogen) atoms. The van der Waals surface area contributed by atoms with Crippen LogP contribution in [0.15, 0.2) is 106 Å². The fourth-order valence-electron chi connectivity index (χ4n) is 3.93. The summed E-state index contributed by atoms with van der Waals surface area (Å²) in [6.07, 6.45) is 0. The Morgan fingerprint density at radius 1 is 0.771 bits per heavy atom. The van der Waals surface area contributed by atoms with Crippen molar-refractivity contribution >= 4 is 33.5 Å². The highest BCUT2D eigenvalue weighted by atomic mass is 16.6. The number of carbonyl (C=O) groups is 2. The minimum Gasteiger partial charge on any atom is -0.482 e. The number of esters is 1. The van der Waals surface area contributed by atoms with Gasteiger partial charge in [-0.15, -0.1) is 0 Å². The van der Waals surface area contributed by atoms with Gasteiger partial charge in [-0.1, -0.05) is 60.7 Å². The number of hydrogen-bond acceptors (Lipinski definition) is 6. The van der Waals surface area contributed by atoms with Crippen LogP contribution in [-0.4, -0.2) is 18.4 Å². The molecule has 0 atom stereocenters. The number of ether oxygens (including phenoxy) is 2. The van der Waals surface area contributed by atoms with E-state index in [9.17, 15) is 14.4 Å². The molecule has 0 bridgehead atoms. The van der Waals surface area contributed by atoms with Crippen LogP contribution in [0.3, 0.4) is 0 Å². The second-order valence-corrected chi connectivity index (χ2v) is 7.92. The molecule has 172 valence electrons. The molecule has 0 radical (unpaired) electrons. The Kier molecular flexibility index (Phi) is 6.09. The second kappa shape index (κ2) is 9.65. The summed E-state index contributed by atoms with van der Waals surface area (Å²) in [4.78, 5) is 36.8. The lowest BCUT2D eigenvalue weighted by Gasteiger charge is -2.10. The van der Waals surface area contributed by atoms with Crippen LogP contribution < -0.4 is 10.4 Å². The van der Waals surface area contributed by atoms with Crippen LogP contribution in [-0.2, 0) is 16.1 Å². The van der Waals surface area contributed by atoms with Gasteiger partial charge in [-0.05, 0) is 41.1 Å². The normalized spacial score (nSPS) is 10.9. The summed E-state index contributed by atoms with van der Waals surface area (Å²) < 4.78 is 16.2. The smallest absolute Gasteiger partial charge is 0.344 e. The lowest BCUT2D eigenvalue weighted by molar-refractivity contribution is -0.147. The molecule has 0 N–H and O–H groups in total. The van der Waals surface area contributed by atoms with Crippen molar-refractivity contribution in [3.05, 3.63) is 124 Å². The quantitative estimate of drug-likeness (QED) is 0.141. The van der Waals surface area contributed by atoms with Crippen LogP contribution in [0.1, 0.15) is 21.5 Å². The van der Waals surface area contributed by atoms with Gasteiger partial charge in [-0.3, -0.25) is 4.79 Å². The van der Waals surface area contributed by atoms with Crippen molar-refractivity contribution in [1.82, 2.24) is 0 Å². The zero-order valence-electron chi connectivity index (χ0n) is 18.6. The largest absolute Gasteiger partial charge is 0.482 e. The third kappa shape index (κ3) is 4.82. The van der Waals surface area contributed by atoms with E-state index < -0.39 is 11.6 Å². The summed E-state index contributed by atoms with van der Waals surface area (Å²) in [7, 11) is 0. The minimum absolute atomic E-state index is 0.0938. The lowest BCUT2D eigenvalue weighted by Crippen LogP contribution is -2.15. The van der Waals surface area contributed by atoms with Gasteiger partial charge in [-0.2, -0.15) is 0 Å². The van der Waals surface area contributed by atoms with Gasteiger partial charge in [0.15, 0.2) is 12.4 Å². The first kappa shape index (κ1) is 22.1. The van der Waals surface area contributed by atoms with Crippen molar-refractivity contribution in [2.45, 2.75) is 6.61 Å². The molecule has 1 heterocycles. The summed E-state index contributed by atoms with van der Waals surface area (Å²) in [6.45, 7) is -0.408. The van der Waals surface area contributed by atoms with E-state index in [4.69, 9.17) is 13.9 Å². The molecular formula is C29H20O6. The van der Waals surface area contributed by atoms with Crippen LogP contribution in [0.4, 0.5) is 0 Å². The fourth-order valence-corrected chi connectivity index (χ4v) is 3.93. The summed E-state index contributed by atoms with van der Waals surface area (Å²) in [5.74, 6) is -0.247.